The minimum Gasteiger partial charge on any atom is -0.336 e. The molecule has 0 unspecified atom stereocenters. The first-order valence-corrected chi connectivity index (χ1v) is 9.81. The lowest BCUT2D eigenvalue weighted by Gasteiger charge is -2.23. The molecule has 4 rings (SSSR count). The quantitative estimate of drug-likeness (QED) is 0.713. The number of urea groups is 1. The number of hydrogen-bond donors (Lipinski definition) is 2. The zero-order valence-electron chi connectivity index (χ0n) is 16.5. The second kappa shape index (κ2) is 7.90. The van der Waals surface area contributed by atoms with E-state index in [1.807, 2.05) is 47.5 Å². The molecule has 0 radical (unpaired) electrons. The number of carbonyl (C=O) groups excluding carboxylic acids is 2. The Morgan fingerprint density at radius 1 is 1.10 bits per heavy atom. The van der Waals surface area contributed by atoms with Gasteiger partial charge in [-0.05, 0) is 63.1 Å². The summed E-state index contributed by atoms with van der Waals surface area (Å²) in [6.07, 6.45) is 3.71. The first-order chi connectivity index (χ1) is 14.0. The van der Waals surface area contributed by atoms with Crippen LogP contribution in [0.2, 0.25) is 0 Å². The second-order valence-electron chi connectivity index (χ2n) is 7.47. The van der Waals surface area contributed by atoms with Crippen LogP contribution in [0.1, 0.15) is 48.9 Å². The van der Waals surface area contributed by atoms with Gasteiger partial charge < -0.3 is 15.5 Å². The Morgan fingerprint density at radius 3 is 2.66 bits per heavy atom. The highest BCUT2D eigenvalue weighted by molar-refractivity contribution is 5.96. The number of pyridine rings is 1. The van der Waals surface area contributed by atoms with Crippen molar-refractivity contribution in [3.63, 3.8) is 0 Å². The van der Waals surface area contributed by atoms with E-state index >= 15 is 0 Å². The third kappa shape index (κ3) is 3.91. The second-order valence-corrected chi connectivity index (χ2v) is 7.47. The lowest BCUT2D eigenvalue weighted by atomic mass is 10.1. The Hall–Kier alpha value is -3.42. The predicted molar refractivity (Wildman–Crippen MR) is 110 cm³/mol. The van der Waals surface area contributed by atoms with Gasteiger partial charge in [0, 0.05) is 30.0 Å². The fraction of sp³-hybridized carbons (Fsp3) is 0.333. The molecule has 0 bridgehead atoms. The third-order valence-electron chi connectivity index (χ3n) is 4.96. The van der Waals surface area contributed by atoms with Crippen molar-refractivity contribution in [2.24, 2.45) is 0 Å². The van der Waals surface area contributed by atoms with Gasteiger partial charge in [0.15, 0.2) is 11.5 Å². The van der Waals surface area contributed by atoms with Crippen molar-refractivity contribution in [1.29, 1.82) is 0 Å². The standard InChI is InChI=1S/C21H24N6O2/c1-14(2)22-21(29)23-16-10-8-15(9-11-16)20(28)26-13-5-6-17(26)19-25-24-18-7-3-4-12-27(18)19/h3-4,7-12,14,17H,5-6,13H2,1-2H3,(H2,22,23,29)/t17-/m0/s1. The first kappa shape index (κ1) is 18.9. The van der Waals surface area contributed by atoms with E-state index in [-0.39, 0.29) is 24.0 Å². The summed E-state index contributed by atoms with van der Waals surface area (Å²) >= 11 is 0. The highest BCUT2D eigenvalue weighted by Crippen LogP contribution is 2.32. The van der Waals surface area contributed by atoms with Crippen LogP contribution in [0.4, 0.5) is 10.5 Å². The molecule has 1 aliphatic rings. The van der Waals surface area contributed by atoms with E-state index in [1.54, 1.807) is 24.3 Å². The molecular formula is C21H24N6O2. The Morgan fingerprint density at radius 2 is 1.90 bits per heavy atom. The van der Waals surface area contributed by atoms with Crippen LogP contribution in [-0.2, 0) is 0 Å². The molecule has 1 aromatic carbocycles. The van der Waals surface area contributed by atoms with Crippen LogP contribution in [0.5, 0.6) is 0 Å². The fourth-order valence-electron chi connectivity index (χ4n) is 3.66. The molecule has 3 amide bonds. The van der Waals surface area contributed by atoms with Crippen LogP contribution >= 0.6 is 0 Å². The average molecular weight is 392 g/mol. The van der Waals surface area contributed by atoms with Crippen molar-refractivity contribution >= 4 is 23.3 Å². The van der Waals surface area contributed by atoms with Crippen molar-refractivity contribution in [2.75, 3.05) is 11.9 Å². The number of carbonyl (C=O) groups is 2. The van der Waals surface area contributed by atoms with E-state index in [0.29, 0.717) is 17.8 Å². The topological polar surface area (TPSA) is 91.6 Å². The molecule has 1 fully saturated rings. The summed E-state index contributed by atoms with van der Waals surface area (Å²) in [4.78, 5) is 26.8. The van der Waals surface area contributed by atoms with E-state index in [2.05, 4.69) is 20.8 Å². The normalized spacial score (nSPS) is 16.4. The number of aromatic nitrogens is 3. The molecule has 0 spiro atoms. The van der Waals surface area contributed by atoms with Gasteiger partial charge in [0.25, 0.3) is 5.91 Å². The largest absolute Gasteiger partial charge is 0.336 e. The minimum absolute atomic E-state index is 0.0432. The van der Waals surface area contributed by atoms with Crippen molar-refractivity contribution in [3.8, 4) is 0 Å². The van der Waals surface area contributed by atoms with Gasteiger partial charge in [0.1, 0.15) is 0 Å². The van der Waals surface area contributed by atoms with Crippen LogP contribution in [0.15, 0.2) is 48.7 Å². The Balaban J connectivity index is 1.50. The zero-order valence-corrected chi connectivity index (χ0v) is 16.5. The van der Waals surface area contributed by atoms with Crippen LogP contribution < -0.4 is 10.6 Å². The molecule has 8 heteroatoms. The van der Waals surface area contributed by atoms with E-state index < -0.39 is 0 Å². The van der Waals surface area contributed by atoms with Crippen LogP contribution in [0.3, 0.4) is 0 Å². The van der Waals surface area contributed by atoms with Crippen molar-refractivity contribution in [1.82, 2.24) is 24.8 Å². The van der Waals surface area contributed by atoms with Crippen LogP contribution in [-0.4, -0.2) is 44.0 Å². The molecule has 1 aliphatic heterocycles. The van der Waals surface area contributed by atoms with E-state index in [0.717, 1.165) is 24.3 Å². The lowest BCUT2D eigenvalue weighted by molar-refractivity contribution is 0.0729. The van der Waals surface area contributed by atoms with Gasteiger partial charge in [-0.15, -0.1) is 10.2 Å². The van der Waals surface area contributed by atoms with Gasteiger partial charge in [0.2, 0.25) is 0 Å². The van der Waals surface area contributed by atoms with Gasteiger partial charge in [-0.3, -0.25) is 9.20 Å². The zero-order chi connectivity index (χ0) is 20.4. The third-order valence-corrected chi connectivity index (χ3v) is 4.96. The van der Waals surface area contributed by atoms with Crippen molar-refractivity contribution in [3.05, 3.63) is 60.0 Å². The molecule has 0 aliphatic carbocycles. The van der Waals surface area contributed by atoms with Gasteiger partial charge in [-0.25, -0.2) is 4.79 Å². The number of hydrogen-bond acceptors (Lipinski definition) is 4. The Kier molecular flexibility index (Phi) is 5.16. The smallest absolute Gasteiger partial charge is 0.319 e. The van der Waals surface area contributed by atoms with Crippen LogP contribution in [0.25, 0.3) is 5.65 Å². The Bertz CT molecular complexity index is 1030. The predicted octanol–water partition coefficient (Wildman–Crippen LogP) is 3.24. The minimum atomic E-state index is -0.266. The molecule has 1 saturated heterocycles. The number of nitrogens with one attached hydrogen (secondary N) is 2. The van der Waals surface area contributed by atoms with Crippen molar-refractivity contribution in [2.45, 2.75) is 38.8 Å². The summed E-state index contributed by atoms with van der Waals surface area (Å²) in [5.74, 6) is 0.744. The molecule has 29 heavy (non-hydrogen) atoms. The number of rotatable bonds is 4. The maximum atomic E-state index is 13.1. The fourth-order valence-corrected chi connectivity index (χ4v) is 3.66. The van der Waals surface area contributed by atoms with Gasteiger partial charge in [-0.1, -0.05) is 6.07 Å². The number of amides is 3. The van der Waals surface area contributed by atoms with Crippen LogP contribution in [0, 0.1) is 0 Å². The Labute approximate surface area is 168 Å². The summed E-state index contributed by atoms with van der Waals surface area (Å²) < 4.78 is 1.94. The molecule has 2 N–H and O–H groups in total. The van der Waals surface area contributed by atoms with E-state index in [4.69, 9.17) is 0 Å². The molecule has 2 aromatic heterocycles. The van der Waals surface area contributed by atoms with E-state index in [1.165, 1.54) is 0 Å². The SMILES string of the molecule is CC(C)NC(=O)Nc1ccc(C(=O)N2CCC[C@H]2c2nnc3ccccn23)cc1. The average Bonchev–Trinajstić information content (AvgIpc) is 3.34. The maximum absolute atomic E-state index is 13.1. The highest BCUT2D eigenvalue weighted by atomic mass is 16.2. The van der Waals surface area contributed by atoms with Gasteiger partial charge >= 0.3 is 6.03 Å². The number of benzene rings is 1. The number of likely N-dealkylation sites (tertiary alicyclic amines) is 1. The molecular weight excluding hydrogens is 368 g/mol. The summed E-state index contributed by atoms with van der Waals surface area (Å²) in [7, 11) is 0. The maximum Gasteiger partial charge on any atom is 0.319 e. The number of fused-ring (bicyclic) bond motifs is 1. The van der Waals surface area contributed by atoms with Gasteiger partial charge in [-0.2, -0.15) is 0 Å². The van der Waals surface area contributed by atoms with E-state index in [9.17, 15) is 9.59 Å². The number of nitrogens with zero attached hydrogens (tertiary/aromatic N) is 4. The summed E-state index contributed by atoms with van der Waals surface area (Å²) in [5, 5.41) is 14.1. The molecule has 0 saturated carbocycles. The molecule has 150 valence electrons. The molecule has 3 aromatic rings. The van der Waals surface area contributed by atoms with Crippen molar-refractivity contribution < 1.29 is 9.59 Å². The lowest BCUT2D eigenvalue weighted by Crippen LogP contribution is -2.34. The highest BCUT2D eigenvalue weighted by Gasteiger charge is 2.33. The number of anilines is 1. The summed E-state index contributed by atoms with van der Waals surface area (Å²) in [5.41, 5.74) is 2.00. The molecule has 3 heterocycles. The van der Waals surface area contributed by atoms with Gasteiger partial charge in [0.05, 0.1) is 6.04 Å². The first-order valence-electron chi connectivity index (χ1n) is 9.81. The summed E-state index contributed by atoms with van der Waals surface area (Å²) in [6.45, 7) is 4.47. The molecule has 1 atom stereocenters. The monoisotopic (exact) mass is 392 g/mol. The molecule has 8 nitrogen and oxygen atoms in total. The summed E-state index contributed by atoms with van der Waals surface area (Å²) in [6, 6.07) is 12.4.